The first kappa shape index (κ1) is 13.8. The minimum Gasteiger partial charge on any atom is -0.497 e. The van der Waals surface area contributed by atoms with Crippen molar-refractivity contribution in [2.24, 2.45) is 0 Å². The number of benzene rings is 2. The van der Waals surface area contributed by atoms with E-state index in [0.717, 1.165) is 22.7 Å². The number of rotatable bonds is 4. The number of aromatic nitrogens is 3. The standard InChI is InChI=1S/C17H14N4O/c1-22-15-9-7-13(8-10-15)11-17-16(12-18)19-20-21(17)14-5-3-2-4-6-14/h2-10H,11H2,1H3. The smallest absolute Gasteiger partial charge is 0.186 e. The lowest BCUT2D eigenvalue weighted by Crippen LogP contribution is -2.04. The molecule has 2 aromatic carbocycles. The van der Waals surface area contributed by atoms with Gasteiger partial charge in [-0.05, 0) is 29.8 Å². The average molecular weight is 290 g/mol. The summed E-state index contributed by atoms with van der Waals surface area (Å²) in [6.45, 7) is 0. The van der Waals surface area contributed by atoms with Crippen molar-refractivity contribution < 1.29 is 4.74 Å². The van der Waals surface area contributed by atoms with E-state index >= 15 is 0 Å². The van der Waals surface area contributed by atoms with E-state index in [1.54, 1.807) is 11.8 Å². The summed E-state index contributed by atoms with van der Waals surface area (Å²) < 4.78 is 6.87. The van der Waals surface area contributed by atoms with Crippen molar-refractivity contribution in [3.05, 3.63) is 71.5 Å². The molecule has 1 heterocycles. The fraction of sp³-hybridized carbons (Fsp3) is 0.118. The molecule has 1 aromatic heterocycles. The molecule has 3 rings (SSSR count). The van der Waals surface area contributed by atoms with Crippen LogP contribution in [0.5, 0.6) is 5.75 Å². The van der Waals surface area contributed by atoms with Gasteiger partial charge < -0.3 is 4.74 Å². The van der Waals surface area contributed by atoms with Gasteiger partial charge in [0, 0.05) is 6.42 Å². The number of methoxy groups -OCH3 is 1. The lowest BCUT2D eigenvalue weighted by Gasteiger charge is -2.07. The van der Waals surface area contributed by atoms with Gasteiger partial charge in [0.2, 0.25) is 0 Å². The van der Waals surface area contributed by atoms with E-state index in [9.17, 15) is 5.26 Å². The zero-order chi connectivity index (χ0) is 15.4. The fourth-order valence-electron chi connectivity index (χ4n) is 2.26. The Morgan fingerprint density at radius 1 is 1.09 bits per heavy atom. The van der Waals surface area contributed by atoms with E-state index in [0.29, 0.717) is 12.1 Å². The molecule has 0 saturated carbocycles. The summed E-state index contributed by atoms with van der Waals surface area (Å²) in [4.78, 5) is 0. The van der Waals surface area contributed by atoms with Gasteiger partial charge in [0.1, 0.15) is 11.8 Å². The van der Waals surface area contributed by atoms with Crippen molar-refractivity contribution in [2.45, 2.75) is 6.42 Å². The molecule has 0 bridgehead atoms. The highest BCUT2D eigenvalue weighted by Gasteiger charge is 2.14. The van der Waals surface area contributed by atoms with Gasteiger partial charge in [0.25, 0.3) is 0 Å². The number of nitrogens with zero attached hydrogens (tertiary/aromatic N) is 4. The Balaban J connectivity index is 1.98. The maximum atomic E-state index is 9.25. The zero-order valence-electron chi connectivity index (χ0n) is 12.1. The highest BCUT2D eigenvalue weighted by molar-refractivity contribution is 5.39. The average Bonchev–Trinajstić information content (AvgIpc) is 2.99. The molecule has 0 saturated heterocycles. The van der Waals surface area contributed by atoms with Crippen LogP contribution in [0.3, 0.4) is 0 Å². The molecule has 108 valence electrons. The summed E-state index contributed by atoms with van der Waals surface area (Å²) in [6, 6.07) is 19.5. The summed E-state index contributed by atoms with van der Waals surface area (Å²) >= 11 is 0. The van der Waals surface area contributed by atoms with Crippen molar-refractivity contribution in [1.82, 2.24) is 15.0 Å². The van der Waals surface area contributed by atoms with E-state index in [4.69, 9.17) is 4.74 Å². The van der Waals surface area contributed by atoms with E-state index in [1.165, 1.54) is 0 Å². The summed E-state index contributed by atoms with van der Waals surface area (Å²) in [7, 11) is 1.64. The molecule has 0 atom stereocenters. The molecule has 0 radical (unpaired) electrons. The summed E-state index contributed by atoms with van der Waals surface area (Å²) in [5.41, 5.74) is 3.08. The monoisotopic (exact) mass is 290 g/mol. The second-order valence-electron chi connectivity index (χ2n) is 4.77. The van der Waals surface area contributed by atoms with Crippen molar-refractivity contribution in [3.63, 3.8) is 0 Å². The first-order valence-corrected chi connectivity index (χ1v) is 6.85. The van der Waals surface area contributed by atoms with Crippen LogP contribution in [0.2, 0.25) is 0 Å². The van der Waals surface area contributed by atoms with Crippen LogP contribution in [0.4, 0.5) is 0 Å². The van der Waals surface area contributed by atoms with Gasteiger partial charge in [-0.2, -0.15) is 5.26 Å². The van der Waals surface area contributed by atoms with Gasteiger partial charge >= 0.3 is 0 Å². The van der Waals surface area contributed by atoms with Gasteiger partial charge in [0.15, 0.2) is 5.69 Å². The molecule has 0 N–H and O–H groups in total. The Hall–Kier alpha value is -3.13. The van der Waals surface area contributed by atoms with E-state index in [-0.39, 0.29) is 0 Å². The van der Waals surface area contributed by atoms with Gasteiger partial charge in [-0.3, -0.25) is 0 Å². The van der Waals surface area contributed by atoms with Gasteiger partial charge in [-0.25, -0.2) is 4.68 Å². The van der Waals surface area contributed by atoms with Gasteiger partial charge in [-0.15, -0.1) is 5.10 Å². The maximum Gasteiger partial charge on any atom is 0.186 e. The molecule has 0 amide bonds. The first-order valence-electron chi connectivity index (χ1n) is 6.85. The molecule has 0 unspecified atom stereocenters. The summed E-state index contributed by atoms with van der Waals surface area (Å²) in [6.07, 6.45) is 0.578. The maximum absolute atomic E-state index is 9.25. The predicted octanol–water partition coefficient (Wildman–Crippen LogP) is 2.74. The van der Waals surface area contributed by atoms with Gasteiger partial charge in [-0.1, -0.05) is 35.5 Å². The Labute approximate surface area is 128 Å². The van der Waals surface area contributed by atoms with E-state index in [1.807, 2.05) is 54.6 Å². The predicted molar refractivity (Wildman–Crippen MR) is 81.9 cm³/mol. The van der Waals surface area contributed by atoms with Crippen LogP contribution in [-0.2, 0) is 6.42 Å². The van der Waals surface area contributed by atoms with Crippen LogP contribution in [0.1, 0.15) is 17.0 Å². The van der Waals surface area contributed by atoms with Crippen LogP contribution in [0.25, 0.3) is 5.69 Å². The minimum absolute atomic E-state index is 0.347. The van der Waals surface area contributed by atoms with Gasteiger partial charge in [0.05, 0.1) is 18.5 Å². The Bertz CT molecular complexity index is 801. The van der Waals surface area contributed by atoms with E-state index < -0.39 is 0 Å². The molecule has 5 heteroatoms. The topological polar surface area (TPSA) is 63.7 Å². The molecular weight excluding hydrogens is 276 g/mol. The molecule has 0 fully saturated rings. The minimum atomic E-state index is 0.347. The van der Waals surface area contributed by atoms with Crippen molar-refractivity contribution in [3.8, 4) is 17.5 Å². The lowest BCUT2D eigenvalue weighted by atomic mass is 10.1. The molecule has 0 aliphatic rings. The lowest BCUT2D eigenvalue weighted by molar-refractivity contribution is 0.414. The molecule has 0 aliphatic carbocycles. The summed E-state index contributed by atoms with van der Waals surface area (Å²) in [5, 5.41) is 17.3. The second kappa shape index (κ2) is 6.10. The third kappa shape index (κ3) is 2.67. The molecule has 5 nitrogen and oxygen atoms in total. The normalized spacial score (nSPS) is 10.2. The third-order valence-corrected chi connectivity index (χ3v) is 3.40. The van der Waals surface area contributed by atoms with Crippen LogP contribution in [0, 0.1) is 11.3 Å². The van der Waals surface area contributed by atoms with Crippen molar-refractivity contribution in [1.29, 1.82) is 5.26 Å². The highest BCUT2D eigenvalue weighted by atomic mass is 16.5. The number of hydrogen-bond donors (Lipinski definition) is 0. The van der Waals surface area contributed by atoms with Crippen LogP contribution >= 0.6 is 0 Å². The molecule has 3 aromatic rings. The zero-order valence-corrected chi connectivity index (χ0v) is 12.1. The van der Waals surface area contributed by atoms with Crippen molar-refractivity contribution >= 4 is 0 Å². The number of hydrogen-bond acceptors (Lipinski definition) is 4. The van der Waals surface area contributed by atoms with Crippen LogP contribution in [-0.4, -0.2) is 22.1 Å². The molecule has 0 spiro atoms. The number of para-hydroxylation sites is 1. The second-order valence-corrected chi connectivity index (χ2v) is 4.77. The number of ether oxygens (including phenoxy) is 1. The van der Waals surface area contributed by atoms with Crippen molar-refractivity contribution in [2.75, 3.05) is 7.11 Å². The summed E-state index contributed by atoms with van der Waals surface area (Å²) in [5.74, 6) is 0.805. The highest BCUT2D eigenvalue weighted by Crippen LogP contribution is 2.18. The SMILES string of the molecule is COc1ccc(Cc2c(C#N)nnn2-c2ccccc2)cc1. The molecular formula is C17H14N4O. The largest absolute Gasteiger partial charge is 0.497 e. The first-order chi connectivity index (χ1) is 10.8. The Morgan fingerprint density at radius 2 is 1.82 bits per heavy atom. The molecule has 22 heavy (non-hydrogen) atoms. The van der Waals surface area contributed by atoms with Crippen LogP contribution in [0.15, 0.2) is 54.6 Å². The Morgan fingerprint density at radius 3 is 2.45 bits per heavy atom. The Kier molecular flexibility index (Phi) is 3.84. The fourth-order valence-corrected chi connectivity index (χ4v) is 2.26. The quantitative estimate of drug-likeness (QED) is 0.741. The third-order valence-electron chi connectivity index (χ3n) is 3.40. The number of nitriles is 1. The molecule has 0 aliphatic heterocycles. The van der Waals surface area contributed by atoms with E-state index in [2.05, 4.69) is 16.4 Å². The van der Waals surface area contributed by atoms with Crippen LogP contribution < -0.4 is 4.74 Å².